The fraction of sp³-hybridized carbons (Fsp3) is 0.364. The van der Waals surface area contributed by atoms with Crippen LogP contribution in [0.2, 0.25) is 0 Å². The average molecular weight is 425 g/mol. The largest absolute Gasteiger partial charge is 0.452 e. The molecule has 0 radical (unpaired) electrons. The molecule has 31 heavy (non-hydrogen) atoms. The maximum absolute atomic E-state index is 12.7. The van der Waals surface area contributed by atoms with Crippen molar-refractivity contribution >= 4 is 28.9 Å². The van der Waals surface area contributed by atoms with Gasteiger partial charge in [-0.15, -0.1) is 0 Å². The molecule has 2 heterocycles. The second-order valence-corrected chi connectivity index (χ2v) is 7.41. The summed E-state index contributed by atoms with van der Waals surface area (Å²) in [5.74, 6) is -1.09. The molecule has 4 rings (SSSR count). The quantitative estimate of drug-likeness (QED) is 0.412. The lowest BCUT2D eigenvalue weighted by Crippen LogP contribution is -2.38. The van der Waals surface area contributed by atoms with Crippen LogP contribution in [0.1, 0.15) is 22.3 Å². The number of esters is 1. The number of benzene rings is 2. The summed E-state index contributed by atoms with van der Waals surface area (Å²) in [5, 5.41) is 11.6. The molecule has 2 aliphatic heterocycles. The van der Waals surface area contributed by atoms with Gasteiger partial charge in [-0.2, -0.15) is 0 Å². The van der Waals surface area contributed by atoms with Crippen molar-refractivity contribution in [2.24, 2.45) is 0 Å². The lowest BCUT2D eigenvalue weighted by Gasteiger charge is -2.29. The molecular formula is C22H23N3O6. The van der Waals surface area contributed by atoms with Gasteiger partial charge in [-0.05, 0) is 36.6 Å². The van der Waals surface area contributed by atoms with E-state index < -0.39 is 17.5 Å². The molecule has 0 saturated carbocycles. The number of anilines is 2. The first-order valence-electron chi connectivity index (χ1n) is 10.2. The Morgan fingerprint density at radius 3 is 2.61 bits per heavy atom. The van der Waals surface area contributed by atoms with Gasteiger partial charge in [0, 0.05) is 31.4 Å². The second kappa shape index (κ2) is 9.13. The lowest BCUT2D eigenvalue weighted by atomic mass is 10.0. The molecule has 162 valence electrons. The minimum absolute atomic E-state index is 0.0375. The van der Waals surface area contributed by atoms with Crippen LogP contribution < -0.4 is 9.80 Å². The standard InChI is InChI=1S/C22H23N3O6/c26-21(24-9-3-5-16-4-1-2-6-18(16)24)15-31-22(27)17-7-8-19(20(14-17)25(28)29)23-10-12-30-13-11-23/h1-2,4,6-8,14H,3,5,9-13,15H2. The van der Waals surface area contributed by atoms with Crippen molar-refractivity contribution < 1.29 is 24.0 Å². The third-order valence-corrected chi connectivity index (χ3v) is 5.50. The molecule has 0 N–H and O–H groups in total. The van der Waals surface area contributed by atoms with Gasteiger partial charge < -0.3 is 19.3 Å². The Kier molecular flexibility index (Phi) is 6.13. The zero-order chi connectivity index (χ0) is 21.8. The summed E-state index contributed by atoms with van der Waals surface area (Å²) < 4.78 is 10.5. The van der Waals surface area contributed by atoms with E-state index in [1.54, 1.807) is 11.0 Å². The van der Waals surface area contributed by atoms with Gasteiger partial charge in [0.1, 0.15) is 5.69 Å². The number of para-hydroxylation sites is 1. The number of morpholine rings is 1. The minimum atomic E-state index is -0.768. The number of rotatable bonds is 5. The van der Waals surface area contributed by atoms with Crippen molar-refractivity contribution in [1.82, 2.24) is 0 Å². The van der Waals surface area contributed by atoms with Crippen molar-refractivity contribution in [2.45, 2.75) is 12.8 Å². The van der Waals surface area contributed by atoms with Gasteiger partial charge in [0.05, 0.1) is 23.7 Å². The number of nitro benzene ring substituents is 1. The normalized spacial score (nSPS) is 15.9. The van der Waals surface area contributed by atoms with E-state index in [9.17, 15) is 19.7 Å². The summed E-state index contributed by atoms with van der Waals surface area (Å²) >= 11 is 0. The highest BCUT2D eigenvalue weighted by molar-refractivity contribution is 5.98. The predicted octanol–water partition coefficient (Wildman–Crippen LogP) is 2.57. The summed E-state index contributed by atoms with van der Waals surface area (Å²) in [6.45, 7) is 2.19. The molecule has 0 unspecified atom stereocenters. The lowest BCUT2D eigenvalue weighted by molar-refractivity contribution is -0.384. The summed E-state index contributed by atoms with van der Waals surface area (Å²) in [6.07, 6.45) is 1.74. The van der Waals surface area contributed by atoms with Crippen LogP contribution in [-0.2, 0) is 20.7 Å². The van der Waals surface area contributed by atoms with E-state index in [-0.39, 0.29) is 17.2 Å². The van der Waals surface area contributed by atoms with E-state index in [4.69, 9.17) is 9.47 Å². The predicted molar refractivity (Wildman–Crippen MR) is 114 cm³/mol. The summed E-state index contributed by atoms with van der Waals surface area (Å²) in [5.41, 5.74) is 2.22. The highest BCUT2D eigenvalue weighted by Crippen LogP contribution is 2.30. The minimum Gasteiger partial charge on any atom is -0.452 e. The molecule has 9 heteroatoms. The monoisotopic (exact) mass is 425 g/mol. The number of hydrogen-bond donors (Lipinski definition) is 0. The molecule has 0 aliphatic carbocycles. The Morgan fingerprint density at radius 2 is 1.84 bits per heavy atom. The van der Waals surface area contributed by atoms with E-state index in [1.165, 1.54) is 12.1 Å². The summed E-state index contributed by atoms with van der Waals surface area (Å²) in [7, 11) is 0. The molecule has 9 nitrogen and oxygen atoms in total. The number of amides is 1. The number of ether oxygens (including phenoxy) is 2. The molecule has 0 aromatic heterocycles. The number of aryl methyl sites for hydroxylation is 1. The molecule has 0 bridgehead atoms. The number of nitrogens with zero attached hydrogens (tertiary/aromatic N) is 3. The summed E-state index contributed by atoms with van der Waals surface area (Å²) in [4.78, 5) is 39.7. The van der Waals surface area contributed by atoms with E-state index >= 15 is 0 Å². The molecule has 0 spiro atoms. The van der Waals surface area contributed by atoms with Gasteiger partial charge in [0.15, 0.2) is 6.61 Å². The first-order valence-corrected chi connectivity index (χ1v) is 10.2. The van der Waals surface area contributed by atoms with E-state index in [0.717, 1.165) is 24.1 Å². The Hall–Kier alpha value is -3.46. The number of carbonyl (C=O) groups excluding carboxylic acids is 2. The zero-order valence-corrected chi connectivity index (χ0v) is 17.0. The third kappa shape index (κ3) is 4.51. The van der Waals surface area contributed by atoms with E-state index in [2.05, 4.69) is 0 Å². The Labute approximate surface area is 179 Å². The number of fused-ring (bicyclic) bond motifs is 1. The van der Waals surface area contributed by atoms with Crippen LogP contribution in [0, 0.1) is 10.1 Å². The van der Waals surface area contributed by atoms with Gasteiger partial charge in [0.25, 0.3) is 11.6 Å². The van der Waals surface area contributed by atoms with E-state index in [1.807, 2.05) is 29.2 Å². The van der Waals surface area contributed by atoms with Crippen molar-refractivity contribution in [2.75, 3.05) is 49.3 Å². The van der Waals surface area contributed by atoms with Gasteiger partial charge in [-0.3, -0.25) is 14.9 Å². The zero-order valence-electron chi connectivity index (χ0n) is 17.0. The van der Waals surface area contributed by atoms with Crippen LogP contribution >= 0.6 is 0 Å². The van der Waals surface area contributed by atoms with Crippen LogP contribution in [0.4, 0.5) is 17.1 Å². The van der Waals surface area contributed by atoms with Crippen LogP contribution in [0.5, 0.6) is 0 Å². The topological polar surface area (TPSA) is 102 Å². The maximum Gasteiger partial charge on any atom is 0.338 e. The van der Waals surface area contributed by atoms with E-state index in [0.29, 0.717) is 38.5 Å². The van der Waals surface area contributed by atoms with Gasteiger partial charge >= 0.3 is 5.97 Å². The number of carbonyl (C=O) groups is 2. The SMILES string of the molecule is O=C(OCC(=O)N1CCCc2ccccc21)c1ccc(N2CCOCC2)c([N+](=O)[O-])c1. The molecule has 0 atom stereocenters. The first kappa shape index (κ1) is 20.8. The van der Waals surface area contributed by atoms with Crippen LogP contribution in [0.3, 0.4) is 0 Å². The number of nitro groups is 1. The highest BCUT2D eigenvalue weighted by Gasteiger charge is 2.26. The number of hydrogen-bond acceptors (Lipinski definition) is 7. The fourth-order valence-corrected chi connectivity index (χ4v) is 3.95. The maximum atomic E-state index is 12.7. The first-order chi connectivity index (χ1) is 15.0. The second-order valence-electron chi connectivity index (χ2n) is 7.41. The molecule has 1 amide bonds. The van der Waals surface area contributed by atoms with Crippen LogP contribution in [-0.4, -0.2) is 56.3 Å². The summed E-state index contributed by atoms with van der Waals surface area (Å²) in [6, 6.07) is 11.9. The molecule has 1 saturated heterocycles. The Bertz CT molecular complexity index is 1000. The molecule has 2 aromatic carbocycles. The van der Waals surface area contributed by atoms with Crippen molar-refractivity contribution in [3.05, 3.63) is 63.7 Å². The molecular weight excluding hydrogens is 402 g/mol. The molecule has 1 fully saturated rings. The fourth-order valence-electron chi connectivity index (χ4n) is 3.95. The van der Waals surface area contributed by atoms with Crippen molar-refractivity contribution in [1.29, 1.82) is 0 Å². The van der Waals surface area contributed by atoms with Crippen LogP contribution in [0.25, 0.3) is 0 Å². The Morgan fingerprint density at radius 1 is 1.06 bits per heavy atom. The average Bonchev–Trinajstić information content (AvgIpc) is 2.82. The Balaban J connectivity index is 1.45. The smallest absolute Gasteiger partial charge is 0.338 e. The van der Waals surface area contributed by atoms with Crippen molar-refractivity contribution in [3.8, 4) is 0 Å². The third-order valence-electron chi connectivity index (χ3n) is 5.50. The van der Waals surface area contributed by atoms with Crippen LogP contribution in [0.15, 0.2) is 42.5 Å². The molecule has 2 aromatic rings. The van der Waals surface area contributed by atoms with Gasteiger partial charge in [0.2, 0.25) is 0 Å². The van der Waals surface area contributed by atoms with Crippen molar-refractivity contribution in [3.63, 3.8) is 0 Å². The van der Waals surface area contributed by atoms with Gasteiger partial charge in [-0.1, -0.05) is 18.2 Å². The van der Waals surface area contributed by atoms with Gasteiger partial charge in [-0.25, -0.2) is 4.79 Å². The highest BCUT2D eigenvalue weighted by atomic mass is 16.6. The molecule has 2 aliphatic rings.